The minimum absolute atomic E-state index is 0.296. The van der Waals surface area contributed by atoms with Crippen molar-refractivity contribution in [3.8, 4) is 17.4 Å². The van der Waals surface area contributed by atoms with Gasteiger partial charge in [0.2, 0.25) is 5.89 Å². The number of carbonyl (C=O) groups excluding carboxylic acids is 1. The Morgan fingerprint density at radius 3 is 2.58 bits per heavy atom. The predicted molar refractivity (Wildman–Crippen MR) is 88.8 cm³/mol. The summed E-state index contributed by atoms with van der Waals surface area (Å²) in [4.78, 5) is 16.1. The second-order valence-electron chi connectivity index (χ2n) is 6.51. The SMILES string of the molecule is COC(=O)C(NCc1ncc(-c2ccc(C#N)cc2)o1)C(C)(C)C. The van der Waals surface area contributed by atoms with Crippen LogP contribution in [0.3, 0.4) is 0 Å². The Balaban J connectivity index is 2.07. The van der Waals surface area contributed by atoms with Crippen molar-refractivity contribution in [3.05, 3.63) is 41.9 Å². The molecule has 0 aliphatic heterocycles. The number of hydrogen-bond acceptors (Lipinski definition) is 6. The molecule has 0 bridgehead atoms. The summed E-state index contributed by atoms with van der Waals surface area (Å²) in [5.41, 5.74) is 1.13. The molecular formula is C18H21N3O3. The van der Waals surface area contributed by atoms with Crippen molar-refractivity contribution in [2.24, 2.45) is 5.41 Å². The van der Waals surface area contributed by atoms with Gasteiger partial charge in [-0.25, -0.2) is 4.98 Å². The smallest absolute Gasteiger partial charge is 0.323 e. The van der Waals surface area contributed by atoms with Crippen LogP contribution >= 0.6 is 0 Å². The quantitative estimate of drug-likeness (QED) is 0.850. The zero-order chi connectivity index (χ0) is 17.7. The molecule has 1 heterocycles. The molecule has 0 saturated carbocycles. The zero-order valence-corrected chi connectivity index (χ0v) is 14.3. The van der Waals surface area contributed by atoms with E-state index in [9.17, 15) is 4.79 Å². The van der Waals surface area contributed by atoms with E-state index in [4.69, 9.17) is 14.4 Å². The number of nitriles is 1. The minimum Gasteiger partial charge on any atom is -0.468 e. The molecule has 2 rings (SSSR count). The van der Waals surface area contributed by atoms with Gasteiger partial charge in [-0.3, -0.25) is 10.1 Å². The molecule has 1 N–H and O–H groups in total. The first-order chi connectivity index (χ1) is 11.3. The third-order valence-corrected chi connectivity index (χ3v) is 3.61. The molecule has 126 valence electrons. The first-order valence-electron chi connectivity index (χ1n) is 7.61. The van der Waals surface area contributed by atoms with Crippen LogP contribution in [0.1, 0.15) is 32.2 Å². The van der Waals surface area contributed by atoms with E-state index in [2.05, 4.69) is 16.4 Å². The molecule has 0 saturated heterocycles. The van der Waals surface area contributed by atoms with Crippen molar-refractivity contribution >= 4 is 5.97 Å². The highest BCUT2D eigenvalue weighted by Gasteiger charge is 2.32. The number of carbonyl (C=O) groups is 1. The van der Waals surface area contributed by atoms with E-state index in [1.54, 1.807) is 18.3 Å². The molecular weight excluding hydrogens is 306 g/mol. The Morgan fingerprint density at radius 1 is 1.38 bits per heavy atom. The lowest BCUT2D eigenvalue weighted by Crippen LogP contribution is -2.46. The van der Waals surface area contributed by atoms with Crippen molar-refractivity contribution in [1.82, 2.24) is 10.3 Å². The third-order valence-electron chi connectivity index (χ3n) is 3.61. The van der Waals surface area contributed by atoms with Crippen molar-refractivity contribution in [3.63, 3.8) is 0 Å². The Morgan fingerprint density at radius 2 is 2.04 bits per heavy atom. The van der Waals surface area contributed by atoms with Crippen molar-refractivity contribution in [2.45, 2.75) is 33.4 Å². The molecule has 0 radical (unpaired) electrons. The highest BCUT2D eigenvalue weighted by molar-refractivity contribution is 5.76. The maximum Gasteiger partial charge on any atom is 0.323 e. The Hall–Kier alpha value is -2.65. The summed E-state index contributed by atoms with van der Waals surface area (Å²) in [7, 11) is 1.37. The molecule has 1 aromatic heterocycles. The van der Waals surface area contributed by atoms with Crippen LogP contribution in [0, 0.1) is 16.7 Å². The number of esters is 1. The molecule has 1 unspecified atom stereocenters. The monoisotopic (exact) mass is 327 g/mol. The molecule has 6 heteroatoms. The second-order valence-corrected chi connectivity index (χ2v) is 6.51. The fourth-order valence-electron chi connectivity index (χ4n) is 2.28. The largest absolute Gasteiger partial charge is 0.468 e. The molecule has 0 spiro atoms. The average molecular weight is 327 g/mol. The number of ether oxygens (including phenoxy) is 1. The average Bonchev–Trinajstić information content (AvgIpc) is 3.02. The van der Waals surface area contributed by atoms with Gasteiger partial charge in [0.15, 0.2) is 5.76 Å². The van der Waals surface area contributed by atoms with Crippen molar-refractivity contribution in [1.29, 1.82) is 5.26 Å². The summed E-state index contributed by atoms with van der Waals surface area (Å²) >= 11 is 0. The molecule has 24 heavy (non-hydrogen) atoms. The highest BCUT2D eigenvalue weighted by atomic mass is 16.5. The predicted octanol–water partition coefficient (Wildman–Crippen LogP) is 2.89. The lowest BCUT2D eigenvalue weighted by atomic mass is 9.87. The van der Waals surface area contributed by atoms with Gasteiger partial charge in [-0.1, -0.05) is 20.8 Å². The van der Waals surface area contributed by atoms with E-state index >= 15 is 0 Å². The summed E-state index contributed by atoms with van der Waals surface area (Å²) in [5, 5.41) is 12.0. The second kappa shape index (κ2) is 7.28. The van der Waals surface area contributed by atoms with E-state index in [1.165, 1.54) is 7.11 Å². The fraction of sp³-hybridized carbons (Fsp3) is 0.389. The molecule has 0 aliphatic rings. The van der Waals surface area contributed by atoms with Gasteiger partial charge in [0.05, 0.1) is 31.5 Å². The van der Waals surface area contributed by atoms with Crippen LogP contribution in [-0.4, -0.2) is 24.1 Å². The summed E-state index contributed by atoms with van der Waals surface area (Å²) in [6.45, 7) is 6.19. The normalized spacial score (nSPS) is 12.5. The molecule has 0 fully saturated rings. The van der Waals surface area contributed by atoms with Crippen LogP contribution in [-0.2, 0) is 16.1 Å². The van der Waals surface area contributed by atoms with E-state index in [-0.39, 0.29) is 11.4 Å². The van der Waals surface area contributed by atoms with Crippen LogP contribution < -0.4 is 5.32 Å². The maximum atomic E-state index is 11.9. The first-order valence-corrected chi connectivity index (χ1v) is 7.61. The van der Waals surface area contributed by atoms with Crippen molar-refractivity contribution in [2.75, 3.05) is 7.11 Å². The highest BCUT2D eigenvalue weighted by Crippen LogP contribution is 2.23. The Kier molecular flexibility index (Phi) is 5.37. The van der Waals surface area contributed by atoms with Crippen LogP contribution in [0.4, 0.5) is 0 Å². The van der Waals surface area contributed by atoms with E-state index in [1.807, 2.05) is 32.9 Å². The van der Waals surface area contributed by atoms with Crippen LogP contribution in [0.25, 0.3) is 11.3 Å². The molecule has 1 atom stereocenters. The lowest BCUT2D eigenvalue weighted by molar-refractivity contribution is -0.146. The topological polar surface area (TPSA) is 88.1 Å². The third kappa shape index (κ3) is 4.21. The standard InChI is InChI=1S/C18H21N3O3/c1-18(2,3)16(17(22)23-4)21-11-15-20-10-14(24-15)13-7-5-12(9-19)6-8-13/h5-8,10,16,21H,11H2,1-4H3. The molecule has 0 amide bonds. The number of hydrogen-bond donors (Lipinski definition) is 1. The minimum atomic E-state index is -0.465. The Labute approximate surface area is 141 Å². The van der Waals surface area contributed by atoms with Crippen LogP contribution in [0.15, 0.2) is 34.9 Å². The zero-order valence-electron chi connectivity index (χ0n) is 14.3. The van der Waals surface area contributed by atoms with Gasteiger partial charge in [0.25, 0.3) is 0 Å². The number of methoxy groups -OCH3 is 1. The van der Waals surface area contributed by atoms with Gasteiger partial charge in [0.1, 0.15) is 6.04 Å². The van der Waals surface area contributed by atoms with Crippen LogP contribution in [0.5, 0.6) is 0 Å². The van der Waals surface area contributed by atoms with Gasteiger partial charge in [-0.05, 0) is 29.7 Å². The fourth-order valence-corrected chi connectivity index (χ4v) is 2.28. The summed E-state index contributed by atoms with van der Waals surface area (Å²) in [5.74, 6) is 0.774. The summed E-state index contributed by atoms with van der Waals surface area (Å²) < 4.78 is 10.6. The number of oxazole rings is 1. The first kappa shape index (κ1) is 17.7. The molecule has 1 aromatic carbocycles. The Bertz CT molecular complexity index is 736. The van der Waals surface area contributed by atoms with E-state index in [0.717, 1.165) is 5.56 Å². The van der Waals surface area contributed by atoms with Gasteiger partial charge >= 0.3 is 5.97 Å². The van der Waals surface area contributed by atoms with Crippen LogP contribution in [0.2, 0.25) is 0 Å². The van der Waals surface area contributed by atoms with E-state index in [0.29, 0.717) is 23.8 Å². The summed E-state index contributed by atoms with van der Waals surface area (Å²) in [6, 6.07) is 8.67. The van der Waals surface area contributed by atoms with E-state index < -0.39 is 6.04 Å². The lowest BCUT2D eigenvalue weighted by Gasteiger charge is -2.28. The van der Waals surface area contributed by atoms with Gasteiger partial charge in [0, 0.05) is 5.56 Å². The molecule has 2 aromatic rings. The molecule has 6 nitrogen and oxygen atoms in total. The number of rotatable bonds is 5. The maximum absolute atomic E-state index is 11.9. The van der Waals surface area contributed by atoms with Gasteiger partial charge < -0.3 is 9.15 Å². The van der Waals surface area contributed by atoms with Crippen molar-refractivity contribution < 1.29 is 13.9 Å². The number of nitrogens with zero attached hydrogens (tertiary/aromatic N) is 2. The number of nitrogens with one attached hydrogen (secondary N) is 1. The molecule has 0 aliphatic carbocycles. The summed E-state index contributed by atoms with van der Waals surface area (Å²) in [6.07, 6.45) is 1.63. The number of benzene rings is 1. The van der Waals surface area contributed by atoms with Gasteiger partial charge in [-0.2, -0.15) is 5.26 Å². The number of aromatic nitrogens is 1. The van der Waals surface area contributed by atoms with Gasteiger partial charge in [-0.15, -0.1) is 0 Å².